The molecule has 3 heterocycles. The Labute approximate surface area is 355 Å². The number of hydrogen-bond acceptors (Lipinski definition) is 3. The van der Waals surface area contributed by atoms with Gasteiger partial charge in [0.2, 0.25) is 0 Å². The quantitative estimate of drug-likeness (QED) is 0.167. The second kappa shape index (κ2) is 12.8. The van der Waals surface area contributed by atoms with Gasteiger partial charge in [-0.1, -0.05) is 133 Å². The normalized spacial score (nSPS) is 16.1. The molecule has 0 atom stereocenters. The molecule has 0 spiro atoms. The van der Waals surface area contributed by atoms with Gasteiger partial charge in [0.25, 0.3) is 6.71 Å². The van der Waals surface area contributed by atoms with Crippen LogP contribution in [0.3, 0.4) is 0 Å². The minimum absolute atomic E-state index is 0.0220. The Morgan fingerprint density at radius 1 is 0.533 bits per heavy atom. The highest BCUT2D eigenvalue weighted by atomic mass is 16.3. The zero-order valence-electron chi connectivity index (χ0n) is 36.5. The molecule has 7 aromatic carbocycles. The Morgan fingerprint density at radius 2 is 1.17 bits per heavy atom. The van der Waals surface area contributed by atoms with Crippen LogP contribution in [0.4, 0.5) is 34.1 Å². The third kappa shape index (κ3) is 5.42. The zero-order valence-corrected chi connectivity index (χ0v) is 36.5. The maximum Gasteiger partial charge on any atom is 0.252 e. The highest BCUT2D eigenvalue weighted by molar-refractivity contribution is 7.00. The largest absolute Gasteiger partial charge is 0.454 e. The van der Waals surface area contributed by atoms with Crippen LogP contribution in [-0.2, 0) is 16.2 Å². The first-order valence-corrected chi connectivity index (χ1v) is 21.8. The molecule has 0 bridgehead atoms. The van der Waals surface area contributed by atoms with E-state index in [2.05, 4.69) is 206 Å². The second-order valence-electron chi connectivity index (χ2n) is 20.2. The molecule has 0 unspecified atom stereocenters. The van der Waals surface area contributed by atoms with Gasteiger partial charge in [-0.05, 0) is 147 Å². The lowest BCUT2D eigenvalue weighted by molar-refractivity contribution is 0.332. The van der Waals surface area contributed by atoms with Crippen LogP contribution in [0.5, 0.6) is 0 Å². The summed E-state index contributed by atoms with van der Waals surface area (Å²) in [6, 6.07) is 50.4. The Kier molecular flexibility index (Phi) is 7.87. The smallest absolute Gasteiger partial charge is 0.252 e. The molecule has 3 aliphatic rings. The van der Waals surface area contributed by atoms with Crippen molar-refractivity contribution in [2.45, 2.75) is 91.4 Å². The van der Waals surface area contributed by atoms with Crippen LogP contribution in [0.25, 0.3) is 33.1 Å². The number of rotatable bonds is 3. The maximum absolute atomic E-state index is 6.89. The molecule has 4 heteroatoms. The van der Waals surface area contributed by atoms with E-state index in [-0.39, 0.29) is 23.0 Å². The van der Waals surface area contributed by atoms with E-state index in [1.54, 1.807) is 0 Å². The van der Waals surface area contributed by atoms with Crippen molar-refractivity contribution in [3.8, 4) is 11.1 Å². The highest BCUT2D eigenvalue weighted by Crippen LogP contribution is 2.52. The number of aryl methyl sites for hydroxylation is 2. The van der Waals surface area contributed by atoms with Crippen molar-refractivity contribution >= 4 is 79.2 Å². The summed E-state index contributed by atoms with van der Waals surface area (Å²) in [5.41, 5.74) is 22.5. The van der Waals surface area contributed by atoms with Crippen molar-refractivity contribution < 1.29 is 4.42 Å². The predicted molar refractivity (Wildman–Crippen MR) is 257 cm³/mol. The Hall–Kier alpha value is -6.00. The summed E-state index contributed by atoms with van der Waals surface area (Å²) < 4.78 is 6.89. The van der Waals surface area contributed by atoms with Gasteiger partial charge in [-0.15, -0.1) is 0 Å². The predicted octanol–water partition coefficient (Wildman–Crippen LogP) is 13.6. The number of para-hydroxylation sites is 2. The average molecular weight is 781 g/mol. The number of furan rings is 1. The van der Waals surface area contributed by atoms with Gasteiger partial charge in [-0.25, -0.2) is 0 Å². The fourth-order valence-corrected chi connectivity index (χ4v) is 10.8. The van der Waals surface area contributed by atoms with Gasteiger partial charge in [-0.3, -0.25) is 0 Å². The van der Waals surface area contributed by atoms with E-state index in [9.17, 15) is 0 Å². The van der Waals surface area contributed by atoms with Crippen LogP contribution in [0.15, 0.2) is 138 Å². The van der Waals surface area contributed by atoms with E-state index in [1.165, 1.54) is 83.8 Å². The molecule has 0 radical (unpaired) electrons. The lowest BCUT2D eigenvalue weighted by Gasteiger charge is -2.47. The van der Waals surface area contributed by atoms with E-state index in [0.29, 0.717) is 0 Å². The first-order chi connectivity index (χ1) is 28.7. The summed E-state index contributed by atoms with van der Waals surface area (Å²) >= 11 is 0. The monoisotopic (exact) mass is 780 g/mol. The van der Waals surface area contributed by atoms with Crippen LogP contribution in [-0.4, -0.2) is 6.71 Å². The molecule has 8 aromatic rings. The highest BCUT2D eigenvalue weighted by Gasteiger charge is 2.47. The molecule has 1 aromatic heterocycles. The number of nitrogens with zero attached hydrogens (tertiary/aromatic N) is 2. The van der Waals surface area contributed by atoms with Gasteiger partial charge in [0.1, 0.15) is 5.58 Å². The summed E-state index contributed by atoms with van der Waals surface area (Å²) in [5, 5.41) is 2.29. The first kappa shape index (κ1) is 37.0. The molecule has 0 saturated heterocycles. The van der Waals surface area contributed by atoms with E-state index in [4.69, 9.17) is 4.42 Å². The number of benzene rings is 7. The molecule has 1 aliphatic carbocycles. The van der Waals surface area contributed by atoms with Gasteiger partial charge < -0.3 is 14.2 Å². The van der Waals surface area contributed by atoms with Crippen LogP contribution in [0.1, 0.15) is 89.1 Å². The molecule has 3 nitrogen and oxygen atoms in total. The molecule has 11 rings (SSSR count). The lowest BCUT2D eigenvalue weighted by Crippen LogP contribution is -2.62. The fraction of sp³-hybridized carbons (Fsp3) is 0.250. The van der Waals surface area contributed by atoms with E-state index < -0.39 is 0 Å². The van der Waals surface area contributed by atoms with Gasteiger partial charge in [0.05, 0.1) is 5.69 Å². The minimum Gasteiger partial charge on any atom is -0.454 e. The summed E-state index contributed by atoms with van der Waals surface area (Å²) in [6.07, 6.45) is 2.32. The summed E-state index contributed by atoms with van der Waals surface area (Å²) in [6.45, 7) is 21.4. The van der Waals surface area contributed by atoms with Crippen LogP contribution in [0.2, 0.25) is 0 Å². The number of anilines is 6. The molecule has 0 N–H and O–H groups in total. The molecular formula is C56H53BN2O. The summed E-state index contributed by atoms with van der Waals surface area (Å²) in [4.78, 5) is 5.15. The molecule has 0 fully saturated rings. The summed E-state index contributed by atoms with van der Waals surface area (Å²) in [5.74, 6) is 0. The third-order valence-corrected chi connectivity index (χ3v) is 14.2. The topological polar surface area (TPSA) is 19.6 Å². The summed E-state index contributed by atoms with van der Waals surface area (Å²) in [7, 11) is 0. The van der Waals surface area contributed by atoms with Crippen LogP contribution < -0.4 is 26.2 Å². The molecule has 0 amide bonds. The van der Waals surface area contributed by atoms with Gasteiger partial charge >= 0.3 is 0 Å². The first-order valence-electron chi connectivity index (χ1n) is 21.8. The van der Waals surface area contributed by atoms with Crippen molar-refractivity contribution in [1.29, 1.82) is 0 Å². The molecule has 2 aliphatic heterocycles. The van der Waals surface area contributed by atoms with E-state index >= 15 is 0 Å². The second-order valence-corrected chi connectivity index (χ2v) is 20.2. The molecular weight excluding hydrogens is 727 g/mol. The lowest BCUT2D eigenvalue weighted by atomic mass is 9.33. The van der Waals surface area contributed by atoms with Crippen molar-refractivity contribution in [1.82, 2.24) is 0 Å². The SMILES string of the molecule is Cc1cc2c3c(c1)N(c1cccc4c1oc1ccccc14)c1cc4c(cc1B3c1cc(C(C)(C)C)ccc1N2c1ccc(-c2ccccc2)cc1C)C(C)(C)CCC4(C)C. The van der Waals surface area contributed by atoms with Crippen molar-refractivity contribution in [2.75, 3.05) is 9.80 Å². The molecule has 0 saturated carbocycles. The van der Waals surface area contributed by atoms with E-state index in [0.717, 1.165) is 40.5 Å². The minimum atomic E-state index is -0.0220. The Bertz CT molecular complexity index is 3070. The molecule has 60 heavy (non-hydrogen) atoms. The van der Waals surface area contributed by atoms with E-state index in [1.807, 2.05) is 0 Å². The van der Waals surface area contributed by atoms with Crippen molar-refractivity contribution in [3.63, 3.8) is 0 Å². The number of fused-ring (bicyclic) bond motifs is 8. The van der Waals surface area contributed by atoms with Crippen molar-refractivity contribution in [2.24, 2.45) is 0 Å². The van der Waals surface area contributed by atoms with Crippen molar-refractivity contribution in [3.05, 3.63) is 161 Å². The zero-order chi connectivity index (χ0) is 41.5. The average Bonchev–Trinajstić information content (AvgIpc) is 3.61. The Balaban J connectivity index is 1.26. The molecule has 296 valence electrons. The maximum atomic E-state index is 6.89. The fourth-order valence-electron chi connectivity index (χ4n) is 10.8. The van der Waals surface area contributed by atoms with Gasteiger partial charge in [0, 0.05) is 39.2 Å². The Morgan fingerprint density at radius 3 is 1.88 bits per heavy atom. The standard InChI is InChI=1S/C56H53BN2O/c1-34-28-49-52-50(29-34)59(47-20-15-19-40-39-18-13-14-21-51(39)60-53(40)47)48-33-42-41(55(6,7)26-27-56(42,8)9)32-44(48)57(52)43-31-38(54(3,4)5)23-25-46(43)58(49)45-24-22-37(30-35(45)2)36-16-11-10-12-17-36/h10-25,28-33H,26-27H2,1-9H3. The third-order valence-electron chi connectivity index (χ3n) is 14.2. The number of hydrogen-bond donors (Lipinski definition) is 0. The van der Waals surface area contributed by atoms with Crippen LogP contribution in [0, 0.1) is 13.8 Å². The van der Waals surface area contributed by atoms with Crippen LogP contribution >= 0.6 is 0 Å². The van der Waals surface area contributed by atoms with Gasteiger partial charge in [-0.2, -0.15) is 0 Å². The van der Waals surface area contributed by atoms with Gasteiger partial charge in [0.15, 0.2) is 5.58 Å².